The topological polar surface area (TPSA) is 106 Å². The first-order chi connectivity index (χ1) is 18.9. The number of fused-ring (bicyclic) bond motifs is 9. The van der Waals surface area contributed by atoms with E-state index in [2.05, 4.69) is 20.0 Å². The number of ether oxygens (including phenoxy) is 1. The maximum absolute atomic E-state index is 14.7. The maximum Gasteiger partial charge on any atom is 0.254 e. The minimum Gasteiger partial charge on any atom is -0.495 e. The van der Waals surface area contributed by atoms with E-state index in [1.165, 1.54) is 7.11 Å². The van der Waals surface area contributed by atoms with Gasteiger partial charge in [0, 0.05) is 47.9 Å². The standard InChI is InChI=1S/C28H19F2N5O3S/c1-38-25-5-2-16-9-24(25)35-39(37)26-10-19(20(29)11-21(26)30)28(36)33-13-15-8-17(14-31-12-15)18-6-7-32-23-4-3-22(16)34-27(18)23/h2-12,14,35H,13H2,1H3,(H,33,36). The van der Waals surface area contributed by atoms with E-state index in [9.17, 15) is 17.8 Å². The van der Waals surface area contributed by atoms with Gasteiger partial charge in [0.05, 0.1) is 40.0 Å². The van der Waals surface area contributed by atoms with Crippen molar-refractivity contribution < 1.29 is 22.5 Å². The lowest BCUT2D eigenvalue weighted by Crippen LogP contribution is -2.24. The number of aromatic nitrogens is 3. The molecule has 4 heterocycles. The van der Waals surface area contributed by atoms with Crippen LogP contribution in [0.4, 0.5) is 14.5 Å². The summed E-state index contributed by atoms with van der Waals surface area (Å²) in [6, 6.07) is 13.9. The minimum absolute atomic E-state index is 0.0244. The van der Waals surface area contributed by atoms with Crippen LogP contribution < -0.4 is 14.8 Å². The minimum atomic E-state index is -2.20. The summed E-state index contributed by atoms with van der Waals surface area (Å²) >= 11 is 0. The number of pyridine rings is 3. The molecule has 39 heavy (non-hydrogen) atoms. The highest BCUT2D eigenvalue weighted by atomic mass is 32.2. The summed E-state index contributed by atoms with van der Waals surface area (Å²) in [5.41, 5.74) is 4.61. The first-order valence-corrected chi connectivity index (χ1v) is 12.9. The van der Waals surface area contributed by atoms with E-state index in [1.807, 2.05) is 24.3 Å². The van der Waals surface area contributed by atoms with Gasteiger partial charge in [0.15, 0.2) is 11.0 Å². The molecular weight excluding hydrogens is 524 g/mol. The van der Waals surface area contributed by atoms with Gasteiger partial charge in [0.2, 0.25) is 0 Å². The number of carbonyl (C=O) groups excluding carboxylic acids is 1. The fourth-order valence-corrected chi connectivity index (χ4v) is 5.31. The number of benzene rings is 2. The number of hydrogen-bond acceptors (Lipinski definition) is 6. The summed E-state index contributed by atoms with van der Waals surface area (Å²) in [7, 11) is -0.763. The molecule has 1 atom stereocenters. The van der Waals surface area contributed by atoms with Crippen LogP contribution in [0, 0.1) is 11.6 Å². The molecule has 2 N–H and O–H groups in total. The lowest BCUT2D eigenvalue weighted by Gasteiger charge is -2.15. The van der Waals surface area contributed by atoms with Gasteiger partial charge in [-0.1, -0.05) is 0 Å². The van der Waals surface area contributed by atoms with Crippen molar-refractivity contribution in [2.24, 2.45) is 0 Å². The average Bonchev–Trinajstić information content (AvgIpc) is 2.95. The molecule has 1 aliphatic heterocycles. The highest BCUT2D eigenvalue weighted by molar-refractivity contribution is 7.86. The third kappa shape index (κ3) is 4.57. The summed E-state index contributed by atoms with van der Waals surface area (Å²) in [6.07, 6.45) is 4.94. The molecular formula is C28H19F2N5O3S. The third-order valence-corrected chi connectivity index (χ3v) is 7.42. The first-order valence-electron chi connectivity index (χ1n) is 11.8. The molecule has 8 bridgehead atoms. The quantitative estimate of drug-likeness (QED) is 0.308. The van der Waals surface area contributed by atoms with E-state index in [1.54, 1.807) is 36.8 Å². The zero-order chi connectivity index (χ0) is 27.1. The highest BCUT2D eigenvalue weighted by Gasteiger charge is 2.21. The van der Waals surface area contributed by atoms with E-state index < -0.39 is 39.0 Å². The third-order valence-electron chi connectivity index (χ3n) is 6.31. The van der Waals surface area contributed by atoms with Gasteiger partial charge in [-0.15, -0.1) is 0 Å². The smallest absolute Gasteiger partial charge is 0.254 e. The van der Waals surface area contributed by atoms with Gasteiger partial charge in [-0.05, 0) is 54.1 Å². The maximum atomic E-state index is 14.7. The first kappa shape index (κ1) is 24.6. The van der Waals surface area contributed by atoms with Gasteiger partial charge in [0.1, 0.15) is 17.4 Å². The monoisotopic (exact) mass is 543 g/mol. The van der Waals surface area contributed by atoms with Crippen LogP contribution in [-0.4, -0.2) is 32.2 Å². The Bertz CT molecular complexity index is 1810. The van der Waals surface area contributed by atoms with Crippen LogP contribution in [0.1, 0.15) is 15.9 Å². The van der Waals surface area contributed by atoms with Crippen molar-refractivity contribution in [3.8, 4) is 28.1 Å². The van der Waals surface area contributed by atoms with Crippen molar-refractivity contribution in [1.29, 1.82) is 0 Å². The van der Waals surface area contributed by atoms with Crippen LogP contribution in [-0.2, 0) is 17.5 Å². The Morgan fingerprint density at radius 3 is 2.67 bits per heavy atom. The number of amides is 1. The number of nitrogens with zero attached hydrogens (tertiary/aromatic N) is 3. The van der Waals surface area contributed by atoms with Gasteiger partial charge in [-0.2, -0.15) is 0 Å². The van der Waals surface area contributed by atoms with Crippen molar-refractivity contribution in [1.82, 2.24) is 20.3 Å². The Kier molecular flexibility index (Phi) is 6.20. The number of rotatable bonds is 1. The summed E-state index contributed by atoms with van der Waals surface area (Å²) < 4.78 is 50.7. The Hall–Kier alpha value is -4.77. The van der Waals surface area contributed by atoms with Gasteiger partial charge in [-0.25, -0.2) is 18.0 Å². The fourth-order valence-electron chi connectivity index (χ4n) is 4.38. The second-order valence-corrected chi connectivity index (χ2v) is 9.92. The van der Waals surface area contributed by atoms with E-state index in [-0.39, 0.29) is 12.2 Å². The zero-order valence-corrected chi connectivity index (χ0v) is 21.2. The summed E-state index contributed by atoms with van der Waals surface area (Å²) in [6.45, 7) is 0.0244. The van der Waals surface area contributed by atoms with Crippen LogP contribution in [0.3, 0.4) is 0 Å². The second-order valence-electron chi connectivity index (χ2n) is 8.74. The van der Waals surface area contributed by atoms with Crippen LogP contribution in [0.2, 0.25) is 0 Å². The van der Waals surface area contributed by atoms with Crippen LogP contribution in [0.15, 0.2) is 78.1 Å². The summed E-state index contributed by atoms with van der Waals surface area (Å²) in [5, 5.41) is 2.62. The molecule has 0 aliphatic carbocycles. The normalized spacial score (nSPS) is 14.7. The molecule has 6 rings (SSSR count). The lowest BCUT2D eigenvalue weighted by molar-refractivity contribution is 0.0946. The van der Waals surface area contributed by atoms with Gasteiger partial charge >= 0.3 is 0 Å². The molecule has 1 aliphatic rings. The van der Waals surface area contributed by atoms with Crippen LogP contribution >= 0.6 is 0 Å². The number of methoxy groups -OCH3 is 1. The van der Waals surface area contributed by atoms with Crippen molar-refractivity contribution in [3.05, 3.63) is 95.9 Å². The molecule has 0 saturated heterocycles. The van der Waals surface area contributed by atoms with Crippen molar-refractivity contribution >= 4 is 33.6 Å². The van der Waals surface area contributed by atoms with Crippen molar-refractivity contribution in [3.63, 3.8) is 0 Å². The Morgan fingerprint density at radius 1 is 0.949 bits per heavy atom. The molecule has 1 amide bonds. The Balaban J connectivity index is 1.58. The van der Waals surface area contributed by atoms with Crippen LogP contribution in [0.5, 0.6) is 5.75 Å². The molecule has 3 aromatic heterocycles. The lowest BCUT2D eigenvalue weighted by atomic mass is 10.0. The molecule has 0 fully saturated rings. The van der Waals surface area contributed by atoms with E-state index in [0.717, 1.165) is 17.2 Å². The predicted octanol–water partition coefficient (Wildman–Crippen LogP) is 5.02. The number of hydrogen-bond donors (Lipinski definition) is 2. The second kappa shape index (κ2) is 9.84. The molecule has 5 aromatic rings. The molecule has 2 aromatic carbocycles. The Morgan fingerprint density at radius 2 is 1.82 bits per heavy atom. The number of halogens is 2. The predicted molar refractivity (Wildman–Crippen MR) is 142 cm³/mol. The largest absolute Gasteiger partial charge is 0.495 e. The van der Waals surface area contributed by atoms with Crippen molar-refractivity contribution in [2.45, 2.75) is 11.4 Å². The summed E-state index contributed by atoms with van der Waals surface area (Å²) in [5.74, 6) is -2.59. The summed E-state index contributed by atoms with van der Waals surface area (Å²) in [4.78, 5) is 26.1. The molecule has 1 unspecified atom stereocenters. The zero-order valence-electron chi connectivity index (χ0n) is 20.4. The van der Waals surface area contributed by atoms with Crippen LogP contribution in [0.25, 0.3) is 33.4 Å². The fraction of sp³-hybridized carbons (Fsp3) is 0.0714. The SMILES string of the molecule is COc1ccc2cc1NS(=O)c1cc(c(F)cc1F)C(=O)NCc1cncc(c1)-c1ccnc3ccc-2nc13. The average molecular weight is 544 g/mol. The van der Waals surface area contributed by atoms with E-state index in [0.29, 0.717) is 39.7 Å². The molecule has 11 heteroatoms. The number of carbonyl (C=O) groups is 1. The van der Waals surface area contributed by atoms with Gasteiger partial charge in [-0.3, -0.25) is 19.5 Å². The van der Waals surface area contributed by atoms with E-state index in [4.69, 9.17) is 9.72 Å². The Labute approximate surface area is 223 Å². The van der Waals surface area contributed by atoms with E-state index >= 15 is 0 Å². The van der Waals surface area contributed by atoms with Crippen molar-refractivity contribution in [2.75, 3.05) is 11.8 Å². The van der Waals surface area contributed by atoms with Gasteiger partial charge < -0.3 is 10.1 Å². The number of nitrogens with one attached hydrogen (secondary N) is 2. The molecule has 0 saturated carbocycles. The molecule has 0 spiro atoms. The molecule has 0 radical (unpaired) electrons. The number of anilines is 1. The molecule has 8 nitrogen and oxygen atoms in total. The molecule has 194 valence electrons. The van der Waals surface area contributed by atoms with Gasteiger partial charge in [0.25, 0.3) is 5.91 Å². The highest BCUT2D eigenvalue weighted by Crippen LogP contribution is 2.34.